The predicted molar refractivity (Wildman–Crippen MR) is 114 cm³/mol. The number of hydrogen-bond donors (Lipinski definition) is 0. The van der Waals surface area contributed by atoms with Gasteiger partial charge in [-0.15, -0.1) is 13.2 Å². The highest BCUT2D eigenvalue weighted by Gasteiger charge is 2.31. The molecule has 4 rings (SSSR count). The first-order valence-corrected chi connectivity index (χ1v) is 10.8. The van der Waals surface area contributed by atoms with Gasteiger partial charge in [-0.3, -0.25) is 0 Å². The Labute approximate surface area is 188 Å². The van der Waals surface area contributed by atoms with Crippen LogP contribution < -0.4 is 4.74 Å². The molecule has 1 nitrogen and oxygen atoms in total. The first-order valence-electron chi connectivity index (χ1n) is 10.8. The molecule has 1 unspecified atom stereocenters. The summed E-state index contributed by atoms with van der Waals surface area (Å²) in [7, 11) is 0. The monoisotopic (exact) mass is 464 g/mol. The van der Waals surface area contributed by atoms with Crippen LogP contribution in [0.1, 0.15) is 47.9 Å². The van der Waals surface area contributed by atoms with Gasteiger partial charge in [0.25, 0.3) is 0 Å². The Morgan fingerprint density at radius 1 is 0.909 bits per heavy atom. The van der Waals surface area contributed by atoms with Crippen LogP contribution in [-0.4, -0.2) is 6.36 Å². The lowest BCUT2D eigenvalue weighted by Gasteiger charge is -2.26. The molecule has 7 heteroatoms. The van der Waals surface area contributed by atoms with E-state index >= 15 is 0 Å². The van der Waals surface area contributed by atoms with E-state index in [1.165, 1.54) is 18.2 Å². The zero-order chi connectivity index (χ0) is 23.8. The first kappa shape index (κ1) is 23.2. The third-order valence-electron chi connectivity index (χ3n) is 6.07. The summed E-state index contributed by atoms with van der Waals surface area (Å²) in [6, 6.07) is 11.3. The molecule has 0 saturated carbocycles. The largest absolute Gasteiger partial charge is 0.573 e. The number of fused-ring (bicyclic) bond motifs is 1. The van der Waals surface area contributed by atoms with Crippen molar-refractivity contribution in [2.24, 2.45) is 0 Å². The Morgan fingerprint density at radius 2 is 1.64 bits per heavy atom. The van der Waals surface area contributed by atoms with Crippen LogP contribution in [0.4, 0.5) is 26.3 Å². The van der Waals surface area contributed by atoms with Crippen molar-refractivity contribution in [3.05, 3.63) is 88.2 Å². The molecule has 0 saturated heterocycles. The number of aryl methyl sites for hydroxylation is 2. The smallest absolute Gasteiger partial charge is 0.406 e. The Morgan fingerprint density at radius 3 is 2.30 bits per heavy atom. The second-order valence-electron chi connectivity index (χ2n) is 8.30. The van der Waals surface area contributed by atoms with E-state index in [0.717, 1.165) is 23.3 Å². The van der Waals surface area contributed by atoms with Crippen molar-refractivity contribution in [3.63, 3.8) is 0 Å². The number of hydrogen-bond acceptors (Lipinski definition) is 1. The topological polar surface area (TPSA) is 9.23 Å². The molecule has 0 N–H and O–H groups in total. The van der Waals surface area contributed by atoms with E-state index in [2.05, 4.69) is 4.74 Å². The first-order chi connectivity index (χ1) is 15.7. The number of benzene rings is 3. The lowest BCUT2D eigenvalue weighted by molar-refractivity contribution is -0.274. The van der Waals surface area contributed by atoms with Crippen molar-refractivity contribution in [1.29, 1.82) is 0 Å². The van der Waals surface area contributed by atoms with E-state index in [4.69, 9.17) is 0 Å². The molecule has 1 aliphatic rings. The molecule has 3 aromatic rings. The maximum absolute atomic E-state index is 14.9. The molecule has 1 aliphatic carbocycles. The average molecular weight is 464 g/mol. The molecule has 0 aromatic heterocycles. The third kappa shape index (κ3) is 5.02. The third-order valence-corrected chi connectivity index (χ3v) is 6.07. The van der Waals surface area contributed by atoms with Crippen LogP contribution in [0.3, 0.4) is 0 Å². The van der Waals surface area contributed by atoms with Crippen molar-refractivity contribution in [2.75, 3.05) is 0 Å². The predicted octanol–water partition coefficient (Wildman–Crippen LogP) is 7.89. The van der Waals surface area contributed by atoms with Gasteiger partial charge in [0.15, 0.2) is 11.6 Å². The van der Waals surface area contributed by atoms with E-state index < -0.39 is 23.8 Å². The quantitative estimate of drug-likeness (QED) is 0.349. The van der Waals surface area contributed by atoms with E-state index in [1.54, 1.807) is 18.2 Å². The van der Waals surface area contributed by atoms with Gasteiger partial charge in [0.1, 0.15) is 11.6 Å². The van der Waals surface area contributed by atoms with Crippen molar-refractivity contribution < 1.29 is 31.1 Å². The zero-order valence-electron chi connectivity index (χ0n) is 17.9. The number of rotatable bonds is 5. The van der Waals surface area contributed by atoms with Gasteiger partial charge in [-0.1, -0.05) is 37.6 Å². The van der Waals surface area contributed by atoms with Gasteiger partial charge in [-0.05, 0) is 83.7 Å². The molecule has 0 aliphatic heterocycles. The summed E-state index contributed by atoms with van der Waals surface area (Å²) < 4.78 is 84.9. The van der Waals surface area contributed by atoms with Crippen molar-refractivity contribution in [1.82, 2.24) is 0 Å². The number of alkyl halides is 3. The van der Waals surface area contributed by atoms with Gasteiger partial charge in [-0.2, -0.15) is 0 Å². The van der Waals surface area contributed by atoms with Gasteiger partial charge in [0.2, 0.25) is 0 Å². The minimum absolute atomic E-state index is 0.258. The second kappa shape index (κ2) is 9.12. The molecule has 3 aromatic carbocycles. The minimum Gasteiger partial charge on any atom is -0.406 e. The summed E-state index contributed by atoms with van der Waals surface area (Å²) >= 11 is 0. The van der Waals surface area contributed by atoms with E-state index in [-0.39, 0.29) is 17.2 Å². The maximum Gasteiger partial charge on any atom is 0.573 e. The van der Waals surface area contributed by atoms with Crippen LogP contribution in [0.25, 0.3) is 11.1 Å². The highest BCUT2D eigenvalue weighted by atomic mass is 19.4. The summed E-state index contributed by atoms with van der Waals surface area (Å²) in [5, 5.41) is 0. The Balaban J connectivity index is 1.57. The molecule has 1 atom stereocenters. The van der Waals surface area contributed by atoms with Crippen LogP contribution in [-0.2, 0) is 19.3 Å². The lowest BCUT2D eigenvalue weighted by atomic mass is 9.78. The second-order valence-corrected chi connectivity index (χ2v) is 8.30. The molecule has 33 heavy (non-hydrogen) atoms. The Kier molecular flexibility index (Phi) is 6.41. The van der Waals surface area contributed by atoms with E-state index in [1.807, 2.05) is 6.92 Å². The van der Waals surface area contributed by atoms with Crippen molar-refractivity contribution >= 4 is 0 Å². The maximum atomic E-state index is 14.9. The molecule has 0 spiro atoms. The molecule has 0 amide bonds. The zero-order valence-corrected chi connectivity index (χ0v) is 17.9. The van der Waals surface area contributed by atoms with Gasteiger partial charge in [-0.25, -0.2) is 13.2 Å². The molecule has 0 heterocycles. The van der Waals surface area contributed by atoms with Gasteiger partial charge in [0, 0.05) is 5.56 Å². The van der Waals surface area contributed by atoms with Crippen molar-refractivity contribution in [3.8, 4) is 16.9 Å². The van der Waals surface area contributed by atoms with Gasteiger partial charge in [0.05, 0.1) is 0 Å². The van der Waals surface area contributed by atoms with Crippen LogP contribution in [0, 0.1) is 17.5 Å². The number of ether oxygens (including phenoxy) is 1. The SMILES string of the molecule is CCCc1ccc(C2CCc3cc(-c4ccc(OC(F)(F)F)cc4)c(F)cc3C2)c(F)c1F. The molecule has 174 valence electrons. The highest BCUT2D eigenvalue weighted by Crippen LogP contribution is 2.38. The Bertz CT molecular complexity index is 1150. The fourth-order valence-corrected chi connectivity index (χ4v) is 4.48. The summed E-state index contributed by atoms with van der Waals surface area (Å²) in [5.41, 5.74) is 2.97. The lowest BCUT2D eigenvalue weighted by Crippen LogP contribution is -2.17. The molecule has 0 fully saturated rings. The van der Waals surface area contributed by atoms with Crippen LogP contribution in [0.15, 0.2) is 48.5 Å². The van der Waals surface area contributed by atoms with Crippen molar-refractivity contribution in [2.45, 2.75) is 51.3 Å². The van der Waals surface area contributed by atoms with Crippen LogP contribution in [0.5, 0.6) is 5.75 Å². The summed E-state index contributed by atoms with van der Waals surface area (Å²) in [4.78, 5) is 0. The normalized spacial score (nSPS) is 15.9. The molecule has 0 radical (unpaired) electrons. The van der Waals surface area contributed by atoms with E-state index in [9.17, 15) is 26.3 Å². The molecular weight excluding hydrogens is 442 g/mol. The van der Waals surface area contributed by atoms with E-state index in [0.29, 0.717) is 48.8 Å². The van der Waals surface area contributed by atoms with Gasteiger partial charge >= 0.3 is 6.36 Å². The summed E-state index contributed by atoms with van der Waals surface area (Å²) in [6.45, 7) is 1.90. The fraction of sp³-hybridized carbons (Fsp3) is 0.308. The molecular formula is C26H22F6O. The average Bonchev–Trinajstić information content (AvgIpc) is 2.76. The highest BCUT2D eigenvalue weighted by molar-refractivity contribution is 5.67. The minimum atomic E-state index is -4.80. The summed E-state index contributed by atoms with van der Waals surface area (Å²) in [6.07, 6.45) is -2.09. The van der Waals surface area contributed by atoms with Gasteiger partial charge < -0.3 is 4.74 Å². The standard InChI is InChI=1S/C26H22F6O/c1-2-3-16-8-11-21(25(29)24(16)28)18-5-4-17-13-22(23(27)14-19(17)12-18)15-6-9-20(10-7-15)33-26(30,31)32/h6-11,13-14,18H,2-5,12H2,1H3. The van der Waals surface area contributed by atoms with Crippen LogP contribution >= 0.6 is 0 Å². The van der Waals surface area contributed by atoms with Crippen LogP contribution in [0.2, 0.25) is 0 Å². The fourth-order valence-electron chi connectivity index (χ4n) is 4.48. The summed E-state index contributed by atoms with van der Waals surface area (Å²) in [5.74, 6) is -2.80. The Hall–Kier alpha value is -2.96. The number of halogens is 6. The molecule has 0 bridgehead atoms.